The molecule has 3 rings (SSSR count). The predicted octanol–water partition coefficient (Wildman–Crippen LogP) is 8.78. The number of aromatic nitrogens is 1. The SMILES string of the molecule is CCCC/C(=N\C1=C(C)C=CC[C@H]1C)c1cccc(/C(CCCC)=N/C2=C(C)C=CC[C@@H]2C)n1. The minimum absolute atomic E-state index is 0.447. The van der Waals surface area contributed by atoms with Crippen LogP contribution in [0.25, 0.3) is 0 Å². The minimum Gasteiger partial charge on any atom is -0.255 e. The van der Waals surface area contributed by atoms with Gasteiger partial charge in [-0.2, -0.15) is 0 Å². The van der Waals surface area contributed by atoms with E-state index in [1.54, 1.807) is 0 Å². The molecule has 2 aliphatic rings. The average Bonchev–Trinajstić information content (AvgIpc) is 2.83. The topological polar surface area (TPSA) is 37.6 Å². The number of aliphatic imine (C=N–C) groups is 2. The van der Waals surface area contributed by atoms with Crippen LogP contribution in [-0.4, -0.2) is 16.4 Å². The second-order valence-corrected chi connectivity index (χ2v) is 9.95. The van der Waals surface area contributed by atoms with Crippen molar-refractivity contribution in [2.75, 3.05) is 0 Å². The van der Waals surface area contributed by atoms with E-state index < -0.39 is 0 Å². The molecule has 2 aliphatic carbocycles. The van der Waals surface area contributed by atoms with Crippen molar-refractivity contribution in [3.05, 3.63) is 76.4 Å². The quantitative estimate of drug-likeness (QED) is 0.323. The van der Waals surface area contributed by atoms with Crippen LogP contribution in [0, 0.1) is 11.8 Å². The van der Waals surface area contributed by atoms with Crippen molar-refractivity contribution in [3.8, 4) is 0 Å². The fourth-order valence-electron chi connectivity index (χ4n) is 4.68. The Morgan fingerprint density at radius 1 is 0.794 bits per heavy atom. The van der Waals surface area contributed by atoms with Crippen LogP contribution in [0.2, 0.25) is 0 Å². The molecule has 3 nitrogen and oxygen atoms in total. The third-order valence-electron chi connectivity index (χ3n) is 6.84. The summed E-state index contributed by atoms with van der Waals surface area (Å²) in [4.78, 5) is 15.6. The normalized spacial score (nSPS) is 21.6. The summed E-state index contributed by atoms with van der Waals surface area (Å²) in [5.41, 5.74) is 9.19. The van der Waals surface area contributed by atoms with E-state index in [4.69, 9.17) is 15.0 Å². The maximum absolute atomic E-state index is 5.23. The van der Waals surface area contributed by atoms with Gasteiger partial charge in [0.15, 0.2) is 0 Å². The van der Waals surface area contributed by atoms with Crippen molar-refractivity contribution in [1.82, 2.24) is 4.98 Å². The molecule has 34 heavy (non-hydrogen) atoms. The van der Waals surface area contributed by atoms with Crippen molar-refractivity contribution < 1.29 is 0 Å². The smallest absolute Gasteiger partial charge is 0.0852 e. The predicted molar refractivity (Wildman–Crippen MR) is 148 cm³/mol. The molecular formula is C31H43N3. The molecule has 0 saturated heterocycles. The first-order valence-corrected chi connectivity index (χ1v) is 13.3. The molecule has 1 aromatic rings. The van der Waals surface area contributed by atoms with Gasteiger partial charge in [0.05, 0.1) is 22.8 Å². The number of nitrogens with zero attached hydrogens (tertiary/aromatic N) is 3. The highest BCUT2D eigenvalue weighted by Gasteiger charge is 2.18. The van der Waals surface area contributed by atoms with E-state index in [1.165, 1.54) is 22.5 Å². The summed E-state index contributed by atoms with van der Waals surface area (Å²) >= 11 is 0. The molecule has 3 heteroatoms. The van der Waals surface area contributed by atoms with Crippen LogP contribution in [0.5, 0.6) is 0 Å². The zero-order valence-corrected chi connectivity index (χ0v) is 22.2. The molecule has 0 bridgehead atoms. The van der Waals surface area contributed by atoms with Gasteiger partial charge in [-0.1, -0.05) is 70.9 Å². The summed E-state index contributed by atoms with van der Waals surface area (Å²) in [7, 11) is 0. The van der Waals surface area contributed by atoms with E-state index in [2.05, 4.69) is 84.0 Å². The molecule has 182 valence electrons. The highest BCUT2D eigenvalue weighted by atomic mass is 14.9. The van der Waals surface area contributed by atoms with Crippen LogP contribution in [0.4, 0.5) is 0 Å². The highest BCUT2D eigenvalue weighted by Crippen LogP contribution is 2.28. The van der Waals surface area contributed by atoms with Gasteiger partial charge >= 0.3 is 0 Å². The third-order valence-corrected chi connectivity index (χ3v) is 6.84. The molecule has 1 aromatic heterocycles. The first-order chi connectivity index (χ1) is 16.4. The minimum atomic E-state index is 0.447. The Morgan fingerprint density at radius 2 is 1.24 bits per heavy atom. The van der Waals surface area contributed by atoms with Gasteiger partial charge in [0.25, 0.3) is 0 Å². The number of rotatable bonds is 10. The Hall–Kier alpha value is -2.55. The molecular weight excluding hydrogens is 414 g/mol. The molecule has 0 aromatic carbocycles. The van der Waals surface area contributed by atoms with Crippen LogP contribution in [0.1, 0.15) is 104 Å². The largest absolute Gasteiger partial charge is 0.255 e. The Morgan fingerprint density at radius 3 is 1.62 bits per heavy atom. The lowest BCUT2D eigenvalue weighted by Gasteiger charge is -2.19. The summed E-state index contributed by atoms with van der Waals surface area (Å²) in [6.07, 6.45) is 17.5. The number of pyridine rings is 1. The zero-order valence-electron chi connectivity index (χ0n) is 22.2. The Labute approximate surface area is 207 Å². The van der Waals surface area contributed by atoms with Crippen molar-refractivity contribution >= 4 is 11.4 Å². The molecule has 1 heterocycles. The molecule has 0 aliphatic heterocycles. The second-order valence-electron chi connectivity index (χ2n) is 9.95. The van der Waals surface area contributed by atoms with Crippen LogP contribution >= 0.6 is 0 Å². The maximum Gasteiger partial charge on any atom is 0.0852 e. The first kappa shape index (κ1) is 26.1. The van der Waals surface area contributed by atoms with Gasteiger partial charge in [-0.3, -0.25) is 9.98 Å². The zero-order chi connectivity index (χ0) is 24.5. The van der Waals surface area contributed by atoms with Crippen LogP contribution in [0.3, 0.4) is 0 Å². The number of hydrogen-bond donors (Lipinski definition) is 0. The lowest BCUT2D eigenvalue weighted by Crippen LogP contribution is -2.13. The molecule has 0 spiro atoms. The van der Waals surface area contributed by atoms with Crippen molar-refractivity contribution in [3.63, 3.8) is 0 Å². The van der Waals surface area contributed by atoms with Crippen molar-refractivity contribution in [1.29, 1.82) is 0 Å². The number of allylic oxidation sites excluding steroid dienone is 8. The molecule has 0 unspecified atom stereocenters. The van der Waals surface area contributed by atoms with Gasteiger partial charge in [0.1, 0.15) is 0 Å². The third kappa shape index (κ3) is 6.74. The molecule has 2 atom stereocenters. The molecule has 0 amide bonds. The fraction of sp³-hybridized carbons (Fsp3) is 0.516. The Bertz CT molecular complexity index is 953. The van der Waals surface area contributed by atoms with Gasteiger partial charge in [-0.25, -0.2) is 4.98 Å². The molecule has 0 saturated carbocycles. The van der Waals surface area contributed by atoms with E-state index in [0.29, 0.717) is 11.8 Å². The summed E-state index contributed by atoms with van der Waals surface area (Å²) in [6.45, 7) is 13.4. The van der Waals surface area contributed by atoms with Crippen LogP contribution < -0.4 is 0 Å². The van der Waals surface area contributed by atoms with E-state index in [-0.39, 0.29) is 0 Å². The standard InChI is InChI=1S/C31H43N3/c1-7-9-18-28(33-30-22(3)14-11-15-23(30)4)26-20-13-21-27(32-26)29(19-10-8-2)34-31-24(5)16-12-17-25(31)6/h11-14,16,20-21,23,25H,7-10,15,17-19H2,1-6H3/b33-28+,34-29+/t23-,25+. The molecule has 0 radical (unpaired) electrons. The van der Waals surface area contributed by atoms with Gasteiger partial charge in [0, 0.05) is 23.2 Å². The van der Waals surface area contributed by atoms with Crippen molar-refractivity contribution in [2.45, 2.75) is 92.9 Å². The summed E-state index contributed by atoms with van der Waals surface area (Å²) in [5, 5.41) is 0. The lowest BCUT2D eigenvalue weighted by atomic mass is 9.94. The number of hydrogen-bond acceptors (Lipinski definition) is 3. The van der Waals surface area contributed by atoms with E-state index in [9.17, 15) is 0 Å². The summed E-state index contributed by atoms with van der Waals surface area (Å²) in [5.74, 6) is 0.893. The highest BCUT2D eigenvalue weighted by molar-refractivity contribution is 6.03. The number of unbranched alkanes of at least 4 members (excludes halogenated alkanes) is 2. The second kappa shape index (κ2) is 12.8. The van der Waals surface area contributed by atoms with Crippen LogP contribution in [0.15, 0.2) is 75.0 Å². The van der Waals surface area contributed by atoms with Gasteiger partial charge in [-0.15, -0.1) is 0 Å². The first-order valence-electron chi connectivity index (χ1n) is 13.3. The van der Waals surface area contributed by atoms with Gasteiger partial charge < -0.3 is 0 Å². The monoisotopic (exact) mass is 457 g/mol. The maximum atomic E-state index is 5.23. The molecule has 0 N–H and O–H groups in total. The van der Waals surface area contributed by atoms with E-state index >= 15 is 0 Å². The van der Waals surface area contributed by atoms with Gasteiger partial charge in [-0.05, 0) is 75.7 Å². The summed E-state index contributed by atoms with van der Waals surface area (Å²) in [6, 6.07) is 6.40. The average molecular weight is 458 g/mol. The van der Waals surface area contributed by atoms with Crippen molar-refractivity contribution in [2.24, 2.45) is 21.8 Å². The van der Waals surface area contributed by atoms with Crippen LogP contribution in [-0.2, 0) is 0 Å². The lowest BCUT2D eigenvalue weighted by molar-refractivity contribution is 0.667. The fourth-order valence-corrected chi connectivity index (χ4v) is 4.68. The van der Waals surface area contributed by atoms with E-state index in [1.807, 2.05) is 0 Å². The van der Waals surface area contributed by atoms with E-state index in [0.717, 1.165) is 74.2 Å². The Kier molecular flexibility index (Phi) is 9.80. The van der Waals surface area contributed by atoms with Gasteiger partial charge in [0.2, 0.25) is 0 Å². The Balaban J connectivity index is 2.05. The summed E-state index contributed by atoms with van der Waals surface area (Å²) < 4.78 is 0. The molecule has 0 fully saturated rings.